The Labute approximate surface area is 77.1 Å². The van der Waals surface area contributed by atoms with Crippen LogP contribution in [0.15, 0.2) is 24.5 Å². The van der Waals surface area contributed by atoms with Crippen molar-refractivity contribution in [1.82, 2.24) is 10.4 Å². The number of hydrogen-bond acceptors (Lipinski definition) is 4. The molecule has 1 rings (SSSR count). The van der Waals surface area contributed by atoms with E-state index < -0.39 is 5.54 Å². The second-order valence-electron chi connectivity index (χ2n) is 3.33. The van der Waals surface area contributed by atoms with Crippen molar-refractivity contribution in [1.29, 1.82) is 0 Å². The molecule has 0 aliphatic carbocycles. The minimum absolute atomic E-state index is 0.0441. The zero-order valence-electron chi connectivity index (χ0n) is 7.74. The van der Waals surface area contributed by atoms with E-state index in [4.69, 9.17) is 5.84 Å². The highest BCUT2D eigenvalue weighted by atomic mass is 16.1. The number of rotatable bonds is 3. The second-order valence-corrected chi connectivity index (χ2v) is 3.33. The van der Waals surface area contributed by atoms with Gasteiger partial charge in [-0.1, -0.05) is 0 Å². The standard InChI is InChI=1S/C9H13N3O/c1-9(2,12-10)8(13)7-3-5-11-6-4-7/h3-6,12H,10H2,1-2H3. The lowest BCUT2D eigenvalue weighted by molar-refractivity contribution is 0.0883. The molecule has 0 aromatic carbocycles. The Balaban J connectivity index is 2.93. The summed E-state index contributed by atoms with van der Waals surface area (Å²) < 4.78 is 0. The molecule has 3 N–H and O–H groups in total. The number of nitrogens with zero attached hydrogens (tertiary/aromatic N) is 1. The fourth-order valence-corrected chi connectivity index (χ4v) is 0.930. The first-order chi connectivity index (χ1) is 6.08. The summed E-state index contributed by atoms with van der Waals surface area (Å²) in [4.78, 5) is 15.6. The van der Waals surface area contributed by atoms with Crippen molar-refractivity contribution >= 4 is 5.78 Å². The van der Waals surface area contributed by atoms with Gasteiger partial charge in [-0.15, -0.1) is 0 Å². The molecule has 0 amide bonds. The van der Waals surface area contributed by atoms with Crippen molar-refractivity contribution in [3.63, 3.8) is 0 Å². The Morgan fingerprint density at radius 2 is 2.00 bits per heavy atom. The molecule has 4 heteroatoms. The van der Waals surface area contributed by atoms with Gasteiger partial charge in [0.1, 0.15) is 0 Å². The fraction of sp³-hybridized carbons (Fsp3) is 0.333. The van der Waals surface area contributed by atoms with Gasteiger partial charge in [-0.05, 0) is 26.0 Å². The topological polar surface area (TPSA) is 68.0 Å². The molecule has 0 unspecified atom stereocenters. The average Bonchev–Trinajstić information content (AvgIpc) is 2.18. The summed E-state index contributed by atoms with van der Waals surface area (Å²) in [6, 6.07) is 3.34. The Kier molecular flexibility index (Phi) is 2.75. The number of aromatic nitrogens is 1. The first kappa shape index (κ1) is 9.83. The van der Waals surface area contributed by atoms with Crippen LogP contribution in [-0.2, 0) is 0 Å². The van der Waals surface area contributed by atoms with Crippen molar-refractivity contribution in [2.24, 2.45) is 5.84 Å². The molecule has 0 saturated carbocycles. The highest BCUT2D eigenvalue weighted by Gasteiger charge is 2.26. The van der Waals surface area contributed by atoms with Crippen molar-refractivity contribution < 1.29 is 4.79 Å². The zero-order valence-corrected chi connectivity index (χ0v) is 7.74. The minimum atomic E-state index is -0.735. The van der Waals surface area contributed by atoms with Crippen molar-refractivity contribution in [2.75, 3.05) is 0 Å². The molecule has 0 spiro atoms. The molecule has 4 nitrogen and oxygen atoms in total. The van der Waals surface area contributed by atoms with Gasteiger partial charge < -0.3 is 0 Å². The van der Waals surface area contributed by atoms with Crippen LogP contribution in [0.1, 0.15) is 24.2 Å². The van der Waals surface area contributed by atoms with Gasteiger partial charge in [0.05, 0.1) is 5.54 Å². The highest BCUT2D eigenvalue weighted by Crippen LogP contribution is 2.10. The molecule has 70 valence electrons. The van der Waals surface area contributed by atoms with E-state index in [0.29, 0.717) is 5.56 Å². The van der Waals surface area contributed by atoms with E-state index in [-0.39, 0.29) is 5.78 Å². The predicted molar refractivity (Wildman–Crippen MR) is 50.0 cm³/mol. The van der Waals surface area contributed by atoms with E-state index in [2.05, 4.69) is 10.4 Å². The number of carbonyl (C=O) groups is 1. The lowest BCUT2D eigenvalue weighted by atomic mass is 9.95. The summed E-state index contributed by atoms with van der Waals surface area (Å²) in [6.45, 7) is 3.46. The van der Waals surface area contributed by atoms with E-state index in [9.17, 15) is 4.79 Å². The first-order valence-electron chi connectivity index (χ1n) is 4.00. The minimum Gasteiger partial charge on any atom is -0.292 e. The van der Waals surface area contributed by atoms with Crippen LogP contribution in [0.3, 0.4) is 0 Å². The quantitative estimate of drug-likeness (QED) is 0.403. The molecule has 0 fully saturated rings. The molecule has 0 atom stereocenters. The number of carbonyl (C=O) groups excluding carboxylic acids is 1. The van der Waals surface area contributed by atoms with Gasteiger partial charge in [-0.2, -0.15) is 0 Å². The summed E-state index contributed by atoms with van der Waals surface area (Å²) in [7, 11) is 0. The van der Waals surface area contributed by atoms with Crippen LogP contribution in [0.5, 0.6) is 0 Å². The van der Waals surface area contributed by atoms with Gasteiger partial charge in [0.25, 0.3) is 0 Å². The van der Waals surface area contributed by atoms with Gasteiger partial charge >= 0.3 is 0 Å². The second kappa shape index (κ2) is 3.64. The summed E-state index contributed by atoms with van der Waals surface area (Å²) in [5.41, 5.74) is 2.34. The molecule has 0 saturated heterocycles. The normalized spacial score (nSPS) is 11.3. The largest absolute Gasteiger partial charge is 0.292 e. The summed E-state index contributed by atoms with van der Waals surface area (Å²) in [5, 5.41) is 0. The lowest BCUT2D eigenvalue weighted by Gasteiger charge is -2.21. The molecule has 0 aliphatic heterocycles. The number of pyridine rings is 1. The smallest absolute Gasteiger partial charge is 0.183 e. The van der Waals surface area contributed by atoms with Gasteiger partial charge in [-0.25, -0.2) is 5.43 Å². The third-order valence-electron chi connectivity index (χ3n) is 1.87. The molecular formula is C9H13N3O. The van der Waals surface area contributed by atoms with Crippen LogP contribution in [0.25, 0.3) is 0 Å². The van der Waals surface area contributed by atoms with Crippen LogP contribution in [0.4, 0.5) is 0 Å². The molecule has 13 heavy (non-hydrogen) atoms. The first-order valence-corrected chi connectivity index (χ1v) is 4.00. The molecular weight excluding hydrogens is 166 g/mol. The maximum Gasteiger partial charge on any atom is 0.183 e. The Morgan fingerprint density at radius 3 is 2.46 bits per heavy atom. The summed E-state index contributed by atoms with van der Waals surface area (Å²) >= 11 is 0. The molecule has 0 aliphatic rings. The number of nitrogens with two attached hydrogens (primary N) is 1. The molecule has 1 aromatic heterocycles. The predicted octanol–water partition coefficient (Wildman–Crippen LogP) is 0.506. The Hall–Kier alpha value is -1.26. The monoisotopic (exact) mass is 179 g/mol. The van der Waals surface area contributed by atoms with Crippen molar-refractivity contribution in [3.05, 3.63) is 30.1 Å². The Morgan fingerprint density at radius 1 is 1.46 bits per heavy atom. The van der Waals surface area contributed by atoms with E-state index in [0.717, 1.165) is 0 Å². The highest BCUT2D eigenvalue weighted by molar-refractivity contribution is 6.02. The number of hydrazine groups is 1. The van der Waals surface area contributed by atoms with Crippen molar-refractivity contribution in [2.45, 2.75) is 19.4 Å². The van der Waals surface area contributed by atoms with Crippen LogP contribution < -0.4 is 11.3 Å². The molecule has 1 aromatic rings. The molecule has 0 radical (unpaired) electrons. The molecule has 1 heterocycles. The third kappa shape index (κ3) is 2.11. The van der Waals surface area contributed by atoms with E-state index in [1.165, 1.54) is 0 Å². The molecule has 0 bridgehead atoms. The zero-order chi connectivity index (χ0) is 9.90. The fourth-order valence-electron chi connectivity index (χ4n) is 0.930. The van der Waals surface area contributed by atoms with Crippen LogP contribution in [0.2, 0.25) is 0 Å². The van der Waals surface area contributed by atoms with Crippen LogP contribution in [-0.4, -0.2) is 16.3 Å². The SMILES string of the molecule is CC(C)(NN)C(=O)c1ccncc1. The average molecular weight is 179 g/mol. The summed E-state index contributed by atoms with van der Waals surface area (Å²) in [5.74, 6) is 5.21. The van der Waals surface area contributed by atoms with Gasteiger partial charge in [0.2, 0.25) is 0 Å². The number of nitrogens with one attached hydrogen (secondary N) is 1. The van der Waals surface area contributed by atoms with Gasteiger partial charge in [0.15, 0.2) is 5.78 Å². The maximum absolute atomic E-state index is 11.7. The third-order valence-corrected chi connectivity index (χ3v) is 1.87. The maximum atomic E-state index is 11.7. The van der Waals surface area contributed by atoms with Crippen LogP contribution in [0, 0.1) is 0 Å². The number of ketones is 1. The van der Waals surface area contributed by atoms with Gasteiger partial charge in [-0.3, -0.25) is 15.6 Å². The van der Waals surface area contributed by atoms with E-state index in [1.807, 2.05) is 0 Å². The Bertz CT molecular complexity index is 295. The summed E-state index contributed by atoms with van der Waals surface area (Å²) in [6.07, 6.45) is 3.17. The lowest BCUT2D eigenvalue weighted by Crippen LogP contribution is -2.50. The van der Waals surface area contributed by atoms with Gasteiger partial charge in [0, 0.05) is 18.0 Å². The van der Waals surface area contributed by atoms with Crippen molar-refractivity contribution in [3.8, 4) is 0 Å². The van der Waals surface area contributed by atoms with E-state index in [1.54, 1.807) is 38.4 Å². The number of Topliss-reactive ketones (excluding diaryl/α,β-unsaturated/α-hetero) is 1. The number of hydrogen-bond donors (Lipinski definition) is 2. The van der Waals surface area contributed by atoms with Crippen LogP contribution >= 0.6 is 0 Å². The van der Waals surface area contributed by atoms with E-state index >= 15 is 0 Å².